The van der Waals surface area contributed by atoms with Crippen LogP contribution < -0.4 is 19.3 Å². The second-order valence-electron chi connectivity index (χ2n) is 12.3. The number of carbonyl (C=O) groups excluding carboxylic acids is 4. The smallest absolute Gasteiger partial charge is 0.258 e. The summed E-state index contributed by atoms with van der Waals surface area (Å²) in [7, 11) is 2.76. The summed E-state index contributed by atoms with van der Waals surface area (Å²) in [6.07, 6.45) is 3.26. The number of phenols is 1. The van der Waals surface area contributed by atoms with E-state index in [2.05, 4.69) is 6.58 Å². The molecule has 7 rings (SSSR count). The number of aromatic hydroxyl groups is 1. The van der Waals surface area contributed by atoms with Crippen molar-refractivity contribution in [1.29, 1.82) is 0 Å². The molecule has 0 aromatic heterocycles. The predicted molar refractivity (Wildman–Crippen MR) is 177 cm³/mol. The molecule has 246 valence electrons. The van der Waals surface area contributed by atoms with Crippen molar-refractivity contribution < 1.29 is 38.1 Å². The van der Waals surface area contributed by atoms with Crippen LogP contribution in [0.25, 0.3) is 6.08 Å². The van der Waals surface area contributed by atoms with Gasteiger partial charge in [-0.2, -0.15) is 0 Å². The molecule has 4 amide bonds. The van der Waals surface area contributed by atoms with Crippen molar-refractivity contribution in [3.05, 3.63) is 95.8 Å². The third-order valence-electron chi connectivity index (χ3n) is 10.1. The Morgan fingerprint density at radius 3 is 2.17 bits per heavy atom. The van der Waals surface area contributed by atoms with E-state index in [1.54, 1.807) is 36.4 Å². The molecule has 9 nitrogen and oxygen atoms in total. The molecule has 2 heterocycles. The number of phenolic OH excluding ortho intramolecular Hbond substituents is 1. The average molecular weight is 692 g/mol. The van der Waals surface area contributed by atoms with Gasteiger partial charge >= 0.3 is 0 Å². The number of anilines is 2. The zero-order valence-electron chi connectivity index (χ0n) is 25.8. The molecular weight excluding hydrogens is 662 g/mol. The number of hydrogen-bond donors (Lipinski definition) is 1. The van der Waals surface area contributed by atoms with Crippen molar-refractivity contribution in [2.24, 2.45) is 17.8 Å². The number of ether oxygens (including phenoxy) is 2. The number of carbonyl (C=O) groups is 4. The Bertz CT molecular complexity index is 1950. The minimum absolute atomic E-state index is 0.0432. The molecule has 0 bridgehead atoms. The third-order valence-corrected chi connectivity index (χ3v) is 11.5. The summed E-state index contributed by atoms with van der Waals surface area (Å²) in [5.41, 5.74) is 1.76. The molecule has 2 saturated heterocycles. The topological polar surface area (TPSA) is 113 Å². The maximum Gasteiger partial charge on any atom is 0.258 e. The molecule has 6 unspecified atom stereocenters. The van der Waals surface area contributed by atoms with Gasteiger partial charge in [-0.05, 0) is 60.7 Å². The van der Waals surface area contributed by atoms with E-state index in [0.717, 1.165) is 27.5 Å². The SMILES string of the molecule is C=Cc1ccc(N2C(=O)C3CC=C4C(CC5(Cl)C(=O)N(c6ccc(F)cc6)C(=O)C5(Cl)C4c4c(O)cc(OC)cc4OC)C3C2=O)cc1. The van der Waals surface area contributed by atoms with Crippen molar-refractivity contribution in [2.45, 2.75) is 28.5 Å². The first-order chi connectivity index (χ1) is 22.9. The number of imide groups is 2. The molecule has 48 heavy (non-hydrogen) atoms. The molecule has 3 fully saturated rings. The molecule has 4 aliphatic rings. The van der Waals surface area contributed by atoms with Crippen LogP contribution in [0.2, 0.25) is 0 Å². The number of nitrogens with zero attached hydrogens (tertiary/aromatic N) is 2. The minimum atomic E-state index is -2.25. The standard InChI is InChI=1S/C36H29Cl2FN2O7/c1-4-18-5-9-20(10-6-18)40-31(43)24-14-13-23-25(28(24)32(40)44)17-35(37)33(45)41(21-11-7-19(39)8-12-21)34(46)36(35,38)30(23)29-26(42)15-22(47-2)16-27(29)48-3/h4-13,15-16,24-25,28,30,42H,1,14,17H2,2-3H3. The minimum Gasteiger partial charge on any atom is -0.507 e. The van der Waals surface area contributed by atoms with Gasteiger partial charge in [-0.3, -0.25) is 24.1 Å². The quantitative estimate of drug-likeness (QED) is 0.193. The summed E-state index contributed by atoms with van der Waals surface area (Å²) in [6, 6.07) is 14.4. The van der Waals surface area contributed by atoms with E-state index in [9.17, 15) is 28.7 Å². The molecule has 3 aromatic carbocycles. The summed E-state index contributed by atoms with van der Waals surface area (Å²) in [6.45, 7) is 3.75. The van der Waals surface area contributed by atoms with E-state index in [1.165, 1.54) is 38.5 Å². The van der Waals surface area contributed by atoms with Crippen LogP contribution in [0, 0.1) is 23.6 Å². The lowest BCUT2D eigenvalue weighted by Gasteiger charge is -2.50. The Morgan fingerprint density at radius 2 is 1.54 bits per heavy atom. The predicted octanol–water partition coefficient (Wildman–Crippen LogP) is 5.96. The highest BCUT2D eigenvalue weighted by Crippen LogP contribution is 2.67. The van der Waals surface area contributed by atoms with E-state index >= 15 is 0 Å². The average Bonchev–Trinajstić information content (AvgIpc) is 3.42. The fourth-order valence-corrected chi connectivity index (χ4v) is 8.81. The van der Waals surface area contributed by atoms with E-state index < -0.39 is 62.9 Å². The van der Waals surface area contributed by atoms with Crippen LogP contribution in [0.5, 0.6) is 17.2 Å². The number of fused-ring (bicyclic) bond motifs is 4. The highest BCUT2D eigenvalue weighted by molar-refractivity contribution is 6.58. The summed E-state index contributed by atoms with van der Waals surface area (Å²) in [4.78, 5) is 54.7. The second-order valence-corrected chi connectivity index (χ2v) is 13.6. The molecule has 12 heteroatoms. The molecule has 3 aromatic rings. The fourth-order valence-electron chi connectivity index (χ4n) is 7.89. The fraction of sp³-hybridized carbons (Fsp3) is 0.278. The zero-order chi connectivity index (χ0) is 34.3. The van der Waals surface area contributed by atoms with Gasteiger partial charge in [0.25, 0.3) is 11.8 Å². The molecular formula is C36H29Cl2FN2O7. The number of allylic oxidation sites excluding steroid dienone is 2. The normalized spacial score (nSPS) is 29.3. The molecule has 0 radical (unpaired) electrons. The van der Waals surface area contributed by atoms with Crippen molar-refractivity contribution in [1.82, 2.24) is 0 Å². The summed E-state index contributed by atoms with van der Waals surface area (Å²) in [5, 5.41) is 11.5. The van der Waals surface area contributed by atoms with E-state index in [1.807, 2.05) is 0 Å². The van der Waals surface area contributed by atoms with Crippen LogP contribution in [0.4, 0.5) is 15.8 Å². The Hall–Kier alpha value is -4.67. The number of alkyl halides is 2. The maximum absolute atomic E-state index is 14.6. The highest BCUT2D eigenvalue weighted by Gasteiger charge is 2.77. The highest BCUT2D eigenvalue weighted by atomic mass is 35.5. The maximum atomic E-state index is 14.6. The summed E-state index contributed by atoms with van der Waals surface area (Å²) < 4.78 is 24.9. The van der Waals surface area contributed by atoms with Gasteiger partial charge in [0.2, 0.25) is 11.8 Å². The van der Waals surface area contributed by atoms with E-state index in [0.29, 0.717) is 11.3 Å². The van der Waals surface area contributed by atoms with Gasteiger partial charge in [-0.1, -0.05) is 36.4 Å². The zero-order valence-corrected chi connectivity index (χ0v) is 27.3. The van der Waals surface area contributed by atoms with Crippen molar-refractivity contribution in [2.75, 3.05) is 24.0 Å². The monoisotopic (exact) mass is 690 g/mol. The Labute approximate surface area is 285 Å². The first kappa shape index (κ1) is 31.9. The van der Waals surface area contributed by atoms with Crippen molar-refractivity contribution in [3.63, 3.8) is 0 Å². The molecule has 0 spiro atoms. The molecule has 1 N–H and O–H groups in total. The molecule has 1 saturated carbocycles. The van der Waals surface area contributed by atoms with E-state index in [4.69, 9.17) is 32.7 Å². The van der Waals surface area contributed by atoms with Crippen molar-refractivity contribution >= 4 is 64.3 Å². The van der Waals surface area contributed by atoms with Crippen LogP contribution in [0.1, 0.15) is 29.9 Å². The van der Waals surface area contributed by atoms with Crippen LogP contribution in [-0.2, 0) is 19.2 Å². The number of amides is 4. The van der Waals surface area contributed by atoms with Gasteiger partial charge in [-0.25, -0.2) is 9.29 Å². The number of methoxy groups -OCH3 is 2. The lowest BCUT2D eigenvalue weighted by atomic mass is 9.56. The van der Waals surface area contributed by atoms with Gasteiger partial charge in [0, 0.05) is 23.6 Å². The van der Waals surface area contributed by atoms with Crippen LogP contribution in [0.15, 0.2) is 78.9 Å². The van der Waals surface area contributed by atoms with Gasteiger partial charge in [0.05, 0.1) is 37.4 Å². The largest absolute Gasteiger partial charge is 0.507 e. The molecule has 2 aliphatic carbocycles. The van der Waals surface area contributed by atoms with E-state index in [-0.39, 0.29) is 41.3 Å². The lowest BCUT2D eigenvalue weighted by Crippen LogP contribution is -2.60. The number of rotatable bonds is 6. The molecule has 6 atom stereocenters. The number of halogens is 3. The second kappa shape index (κ2) is 11.2. The molecule has 2 aliphatic heterocycles. The summed E-state index contributed by atoms with van der Waals surface area (Å²) >= 11 is 14.8. The first-order valence-corrected chi connectivity index (χ1v) is 15.9. The first-order valence-electron chi connectivity index (χ1n) is 15.2. The Morgan fingerprint density at radius 1 is 0.896 bits per heavy atom. The lowest BCUT2D eigenvalue weighted by molar-refractivity contribution is -0.125. The Balaban J connectivity index is 1.43. The summed E-state index contributed by atoms with van der Waals surface area (Å²) in [5.74, 6) is -7.12. The Kier molecular flexibility index (Phi) is 7.45. The number of benzene rings is 3. The van der Waals surface area contributed by atoms with Crippen LogP contribution in [-0.4, -0.2) is 52.7 Å². The van der Waals surface area contributed by atoms with Gasteiger partial charge in [0.1, 0.15) is 23.1 Å². The van der Waals surface area contributed by atoms with Gasteiger partial charge in [0.15, 0.2) is 9.75 Å². The van der Waals surface area contributed by atoms with Crippen molar-refractivity contribution in [3.8, 4) is 17.2 Å². The van der Waals surface area contributed by atoms with Crippen LogP contribution in [0.3, 0.4) is 0 Å². The third kappa shape index (κ3) is 4.21. The van der Waals surface area contributed by atoms with Gasteiger partial charge in [-0.15, -0.1) is 23.2 Å². The van der Waals surface area contributed by atoms with Gasteiger partial charge < -0.3 is 14.6 Å². The number of hydrogen-bond acceptors (Lipinski definition) is 7. The van der Waals surface area contributed by atoms with Crippen LogP contribution >= 0.6 is 23.2 Å².